The predicted octanol–water partition coefficient (Wildman–Crippen LogP) is -0.957. The van der Waals surface area contributed by atoms with Crippen LogP contribution in [0.2, 0.25) is 0 Å². The zero-order valence-corrected chi connectivity index (χ0v) is 9.98. The quantitative estimate of drug-likeness (QED) is 0.532. The number of ether oxygens (including phenoxy) is 1. The molecule has 0 aromatic carbocycles. The number of aliphatic hydroxyl groups is 2. The second-order valence-corrected chi connectivity index (χ2v) is 4.30. The van der Waals surface area contributed by atoms with Crippen LogP contribution in [0.3, 0.4) is 0 Å². The fraction of sp³-hybridized carbons (Fsp3) is 0.800. The van der Waals surface area contributed by atoms with E-state index in [4.69, 9.17) is 5.11 Å². The number of esters is 1. The summed E-state index contributed by atoms with van der Waals surface area (Å²) in [4.78, 5) is 22.5. The second kappa shape index (κ2) is 5.81. The van der Waals surface area contributed by atoms with Gasteiger partial charge in [0.15, 0.2) is 0 Å². The molecule has 16 heavy (non-hydrogen) atoms. The van der Waals surface area contributed by atoms with E-state index in [2.05, 4.69) is 10.1 Å². The van der Waals surface area contributed by atoms with E-state index < -0.39 is 29.4 Å². The number of methoxy groups -OCH3 is 1. The molecule has 2 atom stereocenters. The van der Waals surface area contributed by atoms with Gasteiger partial charge in [0.25, 0.3) is 0 Å². The van der Waals surface area contributed by atoms with Gasteiger partial charge in [0.05, 0.1) is 13.7 Å². The summed E-state index contributed by atoms with van der Waals surface area (Å²) in [6.07, 6.45) is -1.38. The van der Waals surface area contributed by atoms with Gasteiger partial charge in [-0.25, -0.2) is 4.79 Å². The van der Waals surface area contributed by atoms with Crippen LogP contribution in [-0.2, 0) is 14.3 Å². The molecule has 0 bridgehead atoms. The van der Waals surface area contributed by atoms with Gasteiger partial charge >= 0.3 is 5.97 Å². The van der Waals surface area contributed by atoms with Crippen molar-refractivity contribution >= 4 is 11.9 Å². The molecule has 3 N–H and O–H groups in total. The minimum absolute atomic E-state index is 0.339. The van der Waals surface area contributed by atoms with Gasteiger partial charge in [0, 0.05) is 5.41 Å². The van der Waals surface area contributed by atoms with Gasteiger partial charge in [-0.15, -0.1) is 0 Å². The van der Waals surface area contributed by atoms with Gasteiger partial charge in [-0.2, -0.15) is 0 Å². The van der Waals surface area contributed by atoms with Crippen molar-refractivity contribution in [2.24, 2.45) is 5.41 Å². The Bertz CT molecular complexity index is 264. The fourth-order valence-corrected chi connectivity index (χ4v) is 0.969. The molecule has 0 aliphatic rings. The Morgan fingerprint density at radius 2 is 1.94 bits per heavy atom. The Kier molecular flexibility index (Phi) is 5.40. The first-order valence-corrected chi connectivity index (χ1v) is 4.93. The number of rotatable bonds is 5. The smallest absolute Gasteiger partial charge is 0.328 e. The molecule has 0 aliphatic carbocycles. The number of hydrogen-bond acceptors (Lipinski definition) is 5. The maximum absolute atomic E-state index is 11.5. The molecule has 0 saturated carbocycles. The van der Waals surface area contributed by atoms with Crippen molar-refractivity contribution in [3.8, 4) is 0 Å². The van der Waals surface area contributed by atoms with Gasteiger partial charge in [-0.3, -0.25) is 4.79 Å². The van der Waals surface area contributed by atoms with Crippen LogP contribution in [0.4, 0.5) is 0 Å². The molecule has 0 fully saturated rings. The van der Waals surface area contributed by atoms with Crippen molar-refractivity contribution < 1.29 is 24.5 Å². The first-order valence-electron chi connectivity index (χ1n) is 4.93. The van der Waals surface area contributed by atoms with E-state index in [9.17, 15) is 14.7 Å². The molecule has 6 nitrogen and oxygen atoms in total. The summed E-state index contributed by atoms with van der Waals surface area (Å²) in [5.74, 6) is -1.31. The highest BCUT2D eigenvalue weighted by atomic mass is 16.5. The van der Waals surface area contributed by atoms with Gasteiger partial charge in [0.1, 0.15) is 12.1 Å². The van der Waals surface area contributed by atoms with Gasteiger partial charge in [-0.1, -0.05) is 13.8 Å². The van der Waals surface area contributed by atoms with E-state index in [0.717, 1.165) is 0 Å². The number of aliphatic hydroxyl groups excluding tert-OH is 2. The minimum Gasteiger partial charge on any atom is -0.467 e. The van der Waals surface area contributed by atoms with Crippen LogP contribution in [-0.4, -0.2) is 48.0 Å². The summed E-state index contributed by atoms with van der Waals surface area (Å²) < 4.78 is 4.42. The number of amides is 1. The van der Waals surface area contributed by atoms with Gasteiger partial charge in [-0.05, 0) is 6.92 Å². The van der Waals surface area contributed by atoms with Crippen LogP contribution in [0.1, 0.15) is 20.8 Å². The van der Waals surface area contributed by atoms with Crippen LogP contribution in [0.25, 0.3) is 0 Å². The van der Waals surface area contributed by atoms with Crippen LogP contribution in [0.15, 0.2) is 0 Å². The van der Waals surface area contributed by atoms with Gasteiger partial charge in [0.2, 0.25) is 5.91 Å². The molecule has 1 amide bonds. The molecule has 0 saturated heterocycles. The Morgan fingerprint density at radius 1 is 1.44 bits per heavy atom. The molecule has 6 heteroatoms. The molecular weight excluding hydrogens is 214 g/mol. The SMILES string of the molecule is COC(=O)[C@@H](C)NC(=O)C(O)C(C)(C)CO. The first kappa shape index (κ1) is 14.9. The molecule has 1 unspecified atom stereocenters. The average molecular weight is 233 g/mol. The lowest BCUT2D eigenvalue weighted by atomic mass is 9.87. The van der Waals surface area contributed by atoms with Crippen molar-refractivity contribution in [2.45, 2.75) is 32.9 Å². The lowest BCUT2D eigenvalue weighted by molar-refractivity contribution is -0.147. The highest BCUT2D eigenvalue weighted by Crippen LogP contribution is 2.19. The molecule has 0 radical (unpaired) electrons. The number of carbonyl (C=O) groups is 2. The average Bonchev–Trinajstić information content (AvgIpc) is 2.26. The minimum atomic E-state index is -1.38. The van der Waals surface area contributed by atoms with Crippen molar-refractivity contribution in [3.05, 3.63) is 0 Å². The predicted molar refractivity (Wildman–Crippen MR) is 56.5 cm³/mol. The summed E-state index contributed by atoms with van der Waals surface area (Å²) in [5.41, 5.74) is -0.958. The topological polar surface area (TPSA) is 95.9 Å². The van der Waals surface area contributed by atoms with E-state index in [1.165, 1.54) is 14.0 Å². The number of carbonyl (C=O) groups excluding carboxylic acids is 2. The molecule has 0 heterocycles. The third kappa shape index (κ3) is 3.79. The van der Waals surface area contributed by atoms with Crippen molar-refractivity contribution in [1.82, 2.24) is 5.32 Å². The number of nitrogens with one attached hydrogen (secondary N) is 1. The molecule has 0 aliphatic heterocycles. The van der Waals surface area contributed by atoms with Crippen molar-refractivity contribution in [3.63, 3.8) is 0 Å². The van der Waals surface area contributed by atoms with Crippen molar-refractivity contribution in [1.29, 1.82) is 0 Å². The fourth-order valence-electron chi connectivity index (χ4n) is 0.969. The molecule has 94 valence electrons. The van der Waals surface area contributed by atoms with Crippen molar-refractivity contribution in [2.75, 3.05) is 13.7 Å². The molecule has 0 aromatic heterocycles. The zero-order valence-electron chi connectivity index (χ0n) is 9.98. The number of hydrogen-bond donors (Lipinski definition) is 3. The van der Waals surface area contributed by atoms with Crippen LogP contribution in [0.5, 0.6) is 0 Å². The van der Waals surface area contributed by atoms with E-state index in [1.54, 1.807) is 13.8 Å². The molecule has 0 rings (SSSR count). The van der Waals surface area contributed by atoms with E-state index >= 15 is 0 Å². The summed E-state index contributed by atoms with van der Waals surface area (Å²) in [6.45, 7) is 4.19. The normalized spacial score (nSPS) is 15.1. The molecular formula is C10H19NO5. The standard InChI is InChI=1S/C10H19NO5/c1-6(9(15)16-4)11-8(14)7(13)10(2,3)5-12/h6-7,12-13H,5H2,1-4H3,(H,11,14)/t6-,7?/m1/s1. The maximum Gasteiger partial charge on any atom is 0.328 e. The lowest BCUT2D eigenvalue weighted by Gasteiger charge is -2.27. The Hall–Kier alpha value is -1.14. The first-order chi connectivity index (χ1) is 7.26. The monoisotopic (exact) mass is 233 g/mol. The summed E-state index contributed by atoms with van der Waals surface area (Å²) in [6, 6.07) is -0.832. The second-order valence-electron chi connectivity index (χ2n) is 4.30. The lowest BCUT2D eigenvalue weighted by Crippen LogP contribution is -2.50. The molecule has 0 spiro atoms. The Balaban J connectivity index is 4.42. The zero-order chi connectivity index (χ0) is 12.9. The third-order valence-electron chi connectivity index (χ3n) is 2.31. The summed E-state index contributed by atoms with van der Waals surface area (Å²) >= 11 is 0. The summed E-state index contributed by atoms with van der Waals surface area (Å²) in [7, 11) is 1.21. The summed E-state index contributed by atoms with van der Waals surface area (Å²) in [5, 5.41) is 20.9. The van der Waals surface area contributed by atoms with Crippen LogP contribution < -0.4 is 5.32 Å². The highest BCUT2D eigenvalue weighted by Gasteiger charge is 2.34. The maximum atomic E-state index is 11.5. The highest BCUT2D eigenvalue weighted by molar-refractivity contribution is 5.87. The molecule has 0 aromatic rings. The largest absolute Gasteiger partial charge is 0.467 e. The van der Waals surface area contributed by atoms with E-state index in [1.807, 2.05) is 0 Å². The van der Waals surface area contributed by atoms with Crippen LogP contribution in [0, 0.1) is 5.41 Å². The third-order valence-corrected chi connectivity index (χ3v) is 2.31. The van der Waals surface area contributed by atoms with E-state index in [0.29, 0.717) is 0 Å². The van der Waals surface area contributed by atoms with Gasteiger partial charge < -0.3 is 20.3 Å². The Morgan fingerprint density at radius 3 is 2.31 bits per heavy atom. The van der Waals surface area contributed by atoms with Crippen LogP contribution >= 0.6 is 0 Å². The Labute approximate surface area is 94.6 Å². The van der Waals surface area contributed by atoms with E-state index in [-0.39, 0.29) is 6.61 Å².